The third kappa shape index (κ3) is 3.64. The molecule has 0 bridgehead atoms. The number of anilines is 1. The second-order valence-electron chi connectivity index (χ2n) is 4.54. The van der Waals surface area contributed by atoms with Gasteiger partial charge in [-0.15, -0.1) is 11.3 Å². The summed E-state index contributed by atoms with van der Waals surface area (Å²) in [7, 11) is 4.16. The summed E-state index contributed by atoms with van der Waals surface area (Å²) in [6, 6.07) is 0. The minimum atomic E-state index is 0.0633. The van der Waals surface area contributed by atoms with Crippen molar-refractivity contribution in [3.8, 4) is 0 Å². The predicted octanol–water partition coefficient (Wildman–Crippen LogP) is 2.20. The molecule has 0 aliphatic carbocycles. The first-order chi connectivity index (χ1) is 6.39. The third-order valence-electron chi connectivity index (χ3n) is 1.78. The van der Waals surface area contributed by atoms with E-state index in [2.05, 4.69) is 48.5 Å². The average molecular weight is 213 g/mol. The molecular formula is C10H19N3S. The second kappa shape index (κ2) is 4.28. The molecule has 0 fully saturated rings. The van der Waals surface area contributed by atoms with Gasteiger partial charge in [-0.1, -0.05) is 0 Å². The van der Waals surface area contributed by atoms with E-state index in [1.807, 2.05) is 6.92 Å². The normalized spacial score (nSPS) is 12.1. The molecular weight excluding hydrogens is 194 g/mol. The molecule has 0 aromatic carbocycles. The number of hydrogen-bond donors (Lipinski definition) is 1. The minimum Gasteiger partial charge on any atom is -0.355 e. The summed E-state index contributed by atoms with van der Waals surface area (Å²) in [6.07, 6.45) is 0. The Labute approximate surface area is 90.2 Å². The summed E-state index contributed by atoms with van der Waals surface area (Å²) < 4.78 is 0. The van der Waals surface area contributed by atoms with Gasteiger partial charge in [0.25, 0.3) is 0 Å². The number of aryl methyl sites for hydroxylation is 1. The van der Waals surface area contributed by atoms with Crippen LogP contribution in [0.5, 0.6) is 0 Å². The highest BCUT2D eigenvalue weighted by Crippen LogP contribution is 2.19. The standard InChI is InChI=1S/C10H19N3S/c1-8-6-14-9(11-8)12-10(2,3)7-13(4)5/h6H,7H2,1-5H3,(H,11,12). The van der Waals surface area contributed by atoms with Gasteiger partial charge in [0.2, 0.25) is 0 Å². The van der Waals surface area contributed by atoms with Crippen LogP contribution in [0.2, 0.25) is 0 Å². The van der Waals surface area contributed by atoms with Crippen molar-refractivity contribution in [2.24, 2.45) is 0 Å². The van der Waals surface area contributed by atoms with Gasteiger partial charge in [0, 0.05) is 17.5 Å². The Kier molecular flexibility index (Phi) is 3.50. The number of hydrogen-bond acceptors (Lipinski definition) is 4. The molecule has 1 heterocycles. The smallest absolute Gasteiger partial charge is 0.183 e. The van der Waals surface area contributed by atoms with Crippen LogP contribution in [-0.4, -0.2) is 36.1 Å². The summed E-state index contributed by atoms with van der Waals surface area (Å²) in [5.74, 6) is 0. The zero-order valence-electron chi connectivity index (χ0n) is 9.59. The lowest BCUT2D eigenvalue weighted by Gasteiger charge is -2.29. The highest BCUT2D eigenvalue weighted by Gasteiger charge is 2.19. The summed E-state index contributed by atoms with van der Waals surface area (Å²) in [6.45, 7) is 7.37. The van der Waals surface area contributed by atoms with E-state index in [9.17, 15) is 0 Å². The fraction of sp³-hybridized carbons (Fsp3) is 0.700. The van der Waals surface area contributed by atoms with Crippen molar-refractivity contribution in [3.63, 3.8) is 0 Å². The van der Waals surface area contributed by atoms with E-state index in [0.717, 1.165) is 17.4 Å². The van der Waals surface area contributed by atoms with Crippen LogP contribution in [0.25, 0.3) is 0 Å². The van der Waals surface area contributed by atoms with Gasteiger partial charge in [0.15, 0.2) is 5.13 Å². The number of nitrogens with one attached hydrogen (secondary N) is 1. The molecule has 0 atom stereocenters. The molecule has 3 nitrogen and oxygen atoms in total. The van der Waals surface area contributed by atoms with Gasteiger partial charge in [-0.3, -0.25) is 0 Å². The second-order valence-corrected chi connectivity index (χ2v) is 5.40. The van der Waals surface area contributed by atoms with Gasteiger partial charge in [0.05, 0.1) is 5.69 Å². The van der Waals surface area contributed by atoms with Crippen molar-refractivity contribution in [2.75, 3.05) is 26.0 Å². The first kappa shape index (κ1) is 11.5. The predicted molar refractivity (Wildman–Crippen MR) is 63.1 cm³/mol. The number of aromatic nitrogens is 1. The molecule has 1 rings (SSSR count). The molecule has 14 heavy (non-hydrogen) atoms. The van der Waals surface area contributed by atoms with Crippen LogP contribution < -0.4 is 5.32 Å². The van der Waals surface area contributed by atoms with Gasteiger partial charge in [-0.2, -0.15) is 0 Å². The van der Waals surface area contributed by atoms with Crippen LogP contribution in [0.4, 0.5) is 5.13 Å². The SMILES string of the molecule is Cc1csc(NC(C)(C)CN(C)C)n1. The van der Waals surface area contributed by atoms with Crippen molar-refractivity contribution in [2.45, 2.75) is 26.3 Å². The van der Waals surface area contributed by atoms with Crippen molar-refractivity contribution < 1.29 is 0 Å². The molecule has 1 aromatic rings. The molecule has 4 heteroatoms. The molecule has 0 unspecified atom stereocenters. The average Bonchev–Trinajstić information content (AvgIpc) is 2.30. The zero-order valence-corrected chi connectivity index (χ0v) is 10.4. The Bertz CT molecular complexity index is 291. The fourth-order valence-electron chi connectivity index (χ4n) is 1.53. The van der Waals surface area contributed by atoms with E-state index in [4.69, 9.17) is 0 Å². The topological polar surface area (TPSA) is 28.2 Å². The molecule has 0 aliphatic heterocycles. The molecule has 0 saturated carbocycles. The highest BCUT2D eigenvalue weighted by molar-refractivity contribution is 7.13. The lowest BCUT2D eigenvalue weighted by molar-refractivity contribution is 0.334. The summed E-state index contributed by atoms with van der Waals surface area (Å²) in [5, 5.41) is 6.51. The van der Waals surface area contributed by atoms with Crippen molar-refractivity contribution in [1.29, 1.82) is 0 Å². The van der Waals surface area contributed by atoms with Crippen LogP contribution in [0.3, 0.4) is 0 Å². The van der Waals surface area contributed by atoms with Crippen LogP contribution in [0.15, 0.2) is 5.38 Å². The van der Waals surface area contributed by atoms with Gasteiger partial charge in [0.1, 0.15) is 0 Å². The first-order valence-corrected chi connectivity index (χ1v) is 5.62. The maximum Gasteiger partial charge on any atom is 0.183 e. The summed E-state index contributed by atoms with van der Waals surface area (Å²) in [4.78, 5) is 6.57. The van der Waals surface area contributed by atoms with Gasteiger partial charge in [-0.05, 0) is 34.9 Å². The van der Waals surface area contributed by atoms with Crippen molar-refractivity contribution >= 4 is 16.5 Å². The number of rotatable bonds is 4. The monoisotopic (exact) mass is 213 g/mol. The molecule has 80 valence electrons. The lowest BCUT2D eigenvalue weighted by Crippen LogP contribution is -2.41. The van der Waals surface area contributed by atoms with Gasteiger partial charge in [-0.25, -0.2) is 4.98 Å². The van der Waals surface area contributed by atoms with E-state index in [1.165, 1.54) is 0 Å². The third-order valence-corrected chi connectivity index (χ3v) is 2.65. The van der Waals surface area contributed by atoms with Crippen LogP contribution in [0, 0.1) is 6.92 Å². The molecule has 0 aliphatic rings. The lowest BCUT2D eigenvalue weighted by atomic mass is 10.1. The van der Waals surface area contributed by atoms with E-state index in [1.54, 1.807) is 11.3 Å². The Morgan fingerprint density at radius 1 is 1.50 bits per heavy atom. The van der Waals surface area contributed by atoms with Crippen molar-refractivity contribution in [1.82, 2.24) is 9.88 Å². The highest BCUT2D eigenvalue weighted by atomic mass is 32.1. The van der Waals surface area contributed by atoms with E-state index in [-0.39, 0.29) is 5.54 Å². The quantitative estimate of drug-likeness (QED) is 0.831. The minimum absolute atomic E-state index is 0.0633. The summed E-state index contributed by atoms with van der Waals surface area (Å²) >= 11 is 1.66. The molecule has 0 spiro atoms. The molecule has 1 aromatic heterocycles. The summed E-state index contributed by atoms with van der Waals surface area (Å²) in [5.41, 5.74) is 1.14. The van der Waals surface area contributed by atoms with E-state index in [0.29, 0.717) is 0 Å². The maximum absolute atomic E-state index is 4.39. The Morgan fingerprint density at radius 2 is 2.14 bits per heavy atom. The number of nitrogens with zero attached hydrogens (tertiary/aromatic N) is 2. The Hall–Kier alpha value is -0.610. The molecule has 1 N–H and O–H groups in total. The van der Waals surface area contributed by atoms with Gasteiger partial charge < -0.3 is 10.2 Å². The Morgan fingerprint density at radius 3 is 2.57 bits per heavy atom. The first-order valence-electron chi connectivity index (χ1n) is 4.74. The molecule has 0 radical (unpaired) electrons. The largest absolute Gasteiger partial charge is 0.355 e. The van der Waals surface area contributed by atoms with Crippen molar-refractivity contribution in [3.05, 3.63) is 11.1 Å². The zero-order chi connectivity index (χ0) is 10.8. The maximum atomic E-state index is 4.39. The molecule has 0 saturated heterocycles. The molecule has 0 amide bonds. The van der Waals surface area contributed by atoms with Crippen LogP contribution >= 0.6 is 11.3 Å². The number of likely N-dealkylation sites (N-methyl/N-ethyl adjacent to an activating group) is 1. The fourth-order valence-corrected chi connectivity index (χ4v) is 2.40. The number of thiazole rings is 1. The van der Waals surface area contributed by atoms with E-state index < -0.39 is 0 Å². The van der Waals surface area contributed by atoms with Gasteiger partial charge >= 0.3 is 0 Å². The van der Waals surface area contributed by atoms with Crippen LogP contribution in [-0.2, 0) is 0 Å². The van der Waals surface area contributed by atoms with E-state index >= 15 is 0 Å². The van der Waals surface area contributed by atoms with Crippen LogP contribution in [0.1, 0.15) is 19.5 Å². The Balaban J connectivity index is 2.58.